The second kappa shape index (κ2) is 5.18. The van der Waals surface area contributed by atoms with Crippen molar-refractivity contribution < 1.29 is 29.8 Å². The molecule has 0 unspecified atom stereocenters. The van der Waals surface area contributed by atoms with Gasteiger partial charge in [0.1, 0.15) is 32.1 Å². The summed E-state index contributed by atoms with van der Waals surface area (Å²) in [4.78, 5) is 56.9. The molecule has 1 heterocycles. The summed E-state index contributed by atoms with van der Waals surface area (Å²) in [6, 6.07) is 0. The minimum absolute atomic E-state index is 0.250. The predicted octanol–water partition coefficient (Wildman–Crippen LogP) is -2.13. The highest BCUT2D eigenvalue weighted by Gasteiger charge is 3.06. The summed E-state index contributed by atoms with van der Waals surface area (Å²) in [6.07, 6.45) is -0.501. The Hall–Kier alpha value is -4.26. The molecule has 0 bridgehead atoms. The van der Waals surface area contributed by atoms with Crippen LogP contribution in [-0.2, 0) is 0 Å². The summed E-state index contributed by atoms with van der Waals surface area (Å²) in [6.45, 7) is 0. The van der Waals surface area contributed by atoms with Crippen LogP contribution in [0.3, 0.4) is 0 Å². The van der Waals surface area contributed by atoms with Gasteiger partial charge in [0.15, 0.2) is 10.1 Å². The zero-order valence-corrected chi connectivity index (χ0v) is 10.6. The highest BCUT2D eigenvalue weighted by molar-refractivity contribution is 4.96. The van der Waals surface area contributed by atoms with Crippen molar-refractivity contribution in [2.75, 3.05) is 0 Å². The van der Waals surface area contributed by atoms with Gasteiger partial charge in [-0.05, 0) is 0 Å². The molecular weight excluding hydrogens is 352 g/mol. The molecule has 0 N–H and O–H groups in total. The Morgan fingerprint density at radius 2 is 0.750 bits per heavy atom. The van der Waals surface area contributed by atoms with Crippen LogP contribution in [0.4, 0.5) is 0 Å². The van der Waals surface area contributed by atoms with Crippen molar-refractivity contribution in [3.63, 3.8) is 0 Å². The molecule has 20 nitrogen and oxygen atoms in total. The Bertz CT molecular complexity index is 611. The third kappa shape index (κ3) is 1.72. The van der Waals surface area contributed by atoms with E-state index >= 15 is 0 Å². The second-order valence-corrected chi connectivity index (χ2v) is 3.76. The van der Waals surface area contributed by atoms with Gasteiger partial charge < -0.3 is 0 Å². The molecule has 1 aliphatic heterocycles. The van der Waals surface area contributed by atoms with Crippen LogP contribution in [0.5, 0.6) is 0 Å². The monoisotopic (exact) mass is 354 g/mol. The number of nitro groups is 6. The molecule has 0 amide bonds. The molecule has 24 heavy (non-hydrogen) atoms. The first kappa shape index (κ1) is 17.8. The Balaban J connectivity index is 4.20. The molecule has 0 aromatic rings. The maximum atomic E-state index is 11.2. The second-order valence-electron chi connectivity index (χ2n) is 3.76. The van der Waals surface area contributed by atoms with Crippen LogP contribution >= 0.6 is 0 Å². The molecule has 1 rings (SSSR count). The van der Waals surface area contributed by atoms with Crippen molar-refractivity contribution >= 4 is 0 Å². The molecule has 0 aromatic heterocycles. The van der Waals surface area contributed by atoms with Gasteiger partial charge in [0, 0.05) is 0 Å². The number of hydrazine groups is 2. The van der Waals surface area contributed by atoms with Crippen LogP contribution < -0.4 is 0 Å². The first-order valence-corrected chi connectivity index (χ1v) is 5.03. The van der Waals surface area contributed by atoms with E-state index in [4.69, 9.17) is 0 Å². The van der Waals surface area contributed by atoms with E-state index in [0.29, 0.717) is 0 Å². The standard InChI is InChI=1S/C4H2N8O12/c13-7(14)3(8(15)16)4(9(17)18,10(19)20)6(12(23)24)2-1-5(3)11(21)22/h1-2H. The summed E-state index contributed by atoms with van der Waals surface area (Å²) in [5, 5.41) is 60.1. The molecule has 0 radical (unpaired) electrons. The predicted molar refractivity (Wildman–Crippen MR) is 60.2 cm³/mol. The van der Waals surface area contributed by atoms with Crippen molar-refractivity contribution in [2.45, 2.75) is 11.6 Å². The van der Waals surface area contributed by atoms with Crippen molar-refractivity contribution in [1.29, 1.82) is 0 Å². The minimum atomic E-state index is -4.99. The van der Waals surface area contributed by atoms with Crippen molar-refractivity contribution in [3.05, 3.63) is 73.1 Å². The van der Waals surface area contributed by atoms with E-state index in [1.807, 2.05) is 0 Å². The SMILES string of the molecule is O=[N+]([O-])N1C=CN([N+](=O)[O-])C([N+](=O)[O-])([N+](=O)[O-])C1([N+](=O)[O-])[N+](=O)[O-]. The van der Waals surface area contributed by atoms with Gasteiger partial charge in [-0.2, -0.15) is 0 Å². The van der Waals surface area contributed by atoms with Crippen molar-refractivity contribution in [2.24, 2.45) is 0 Å². The lowest BCUT2D eigenvalue weighted by Crippen LogP contribution is -2.84. The fraction of sp³-hybridized carbons (Fsp3) is 0.500. The summed E-state index contributed by atoms with van der Waals surface area (Å²) in [7, 11) is 0. The molecule has 130 valence electrons. The third-order valence-electron chi connectivity index (χ3n) is 2.81. The van der Waals surface area contributed by atoms with Crippen LogP contribution in [0.1, 0.15) is 0 Å². The lowest BCUT2D eigenvalue weighted by Gasteiger charge is -2.28. The van der Waals surface area contributed by atoms with E-state index in [1.54, 1.807) is 0 Å². The van der Waals surface area contributed by atoms with Gasteiger partial charge in [-0.15, -0.1) is 0 Å². The van der Waals surface area contributed by atoms with Gasteiger partial charge in [-0.1, -0.05) is 0 Å². The fourth-order valence-electron chi connectivity index (χ4n) is 1.94. The summed E-state index contributed by atoms with van der Waals surface area (Å²) in [5.74, 6) is -9.99. The van der Waals surface area contributed by atoms with Crippen molar-refractivity contribution in [1.82, 2.24) is 10.0 Å². The number of hydrogen-bond acceptors (Lipinski definition) is 12. The molecule has 0 saturated heterocycles. The van der Waals surface area contributed by atoms with Crippen LogP contribution in [0.25, 0.3) is 0 Å². The smallest absolute Gasteiger partial charge is 0.256 e. The normalized spacial score (nSPS) is 17.8. The zero-order chi connectivity index (χ0) is 19.0. The van der Waals surface area contributed by atoms with Gasteiger partial charge in [0.05, 0.1) is 10.0 Å². The molecule has 0 spiro atoms. The lowest BCUT2D eigenvalue weighted by molar-refractivity contribution is -1.03. The quantitative estimate of drug-likeness (QED) is 0.280. The first-order valence-electron chi connectivity index (χ1n) is 5.03. The largest absolute Gasteiger partial charge is 0.767 e. The van der Waals surface area contributed by atoms with Gasteiger partial charge in [-0.25, -0.2) is 20.2 Å². The Kier molecular flexibility index (Phi) is 3.84. The average Bonchev–Trinajstić information content (AvgIpc) is 2.43. The van der Waals surface area contributed by atoms with E-state index in [1.165, 1.54) is 0 Å². The maximum absolute atomic E-state index is 11.2. The zero-order valence-electron chi connectivity index (χ0n) is 10.6. The van der Waals surface area contributed by atoms with E-state index < -0.39 is 51.3 Å². The first-order chi connectivity index (χ1) is 10.9. The number of hydrogen-bond donors (Lipinski definition) is 0. The van der Waals surface area contributed by atoms with Crippen LogP contribution in [0.2, 0.25) is 0 Å². The highest BCUT2D eigenvalue weighted by atomic mass is 16.8. The Morgan fingerprint density at radius 1 is 0.542 bits per heavy atom. The van der Waals surface area contributed by atoms with E-state index in [-0.39, 0.29) is 12.4 Å². The van der Waals surface area contributed by atoms with Crippen LogP contribution in [0.15, 0.2) is 12.4 Å². The van der Waals surface area contributed by atoms with Crippen LogP contribution in [-0.4, -0.2) is 51.3 Å². The molecular formula is C4H2N8O12. The van der Waals surface area contributed by atoms with Gasteiger partial charge in [-0.3, -0.25) is 40.5 Å². The molecule has 0 aromatic carbocycles. The molecule has 20 heteroatoms. The Labute approximate surface area is 126 Å². The highest BCUT2D eigenvalue weighted by Crippen LogP contribution is 2.40. The van der Waals surface area contributed by atoms with Gasteiger partial charge in [0.25, 0.3) is 0 Å². The topological polar surface area (TPSA) is 265 Å². The molecule has 1 aliphatic rings. The fourth-order valence-corrected chi connectivity index (χ4v) is 1.94. The van der Waals surface area contributed by atoms with Gasteiger partial charge in [0.2, 0.25) is 0 Å². The molecule has 0 fully saturated rings. The number of nitrogens with zero attached hydrogens (tertiary/aromatic N) is 8. The molecule has 0 saturated carbocycles. The average molecular weight is 354 g/mol. The van der Waals surface area contributed by atoms with E-state index in [2.05, 4.69) is 0 Å². The minimum Gasteiger partial charge on any atom is -0.256 e. The summed E-state index contributed by atoms with van der Waals surface area (Å²) < 4.78 is 0. The van der Waals surface area contributed by atoms with Crippen LogP contribution in [0, 0.1) is 60.7 Å². The Morgan fingerprint density at radius 3 is 0.875 bits per heavy atom. The van der Waals surface area contributed by atoms with Gasteiger partial charge >= 0.3 is 11.6 Å². The molecule has 0 atom stereocenters. The molecule has 0 aliphatic carbocycles. The number of rotatable bonds is 6. The summed E-state index contributed by atoms with van der Waals surface area (Å²) >= 11 is 0. The third-order valence-corrected chi connectivity index (χ3v) is 2.81. The summed E-state index contributed by atoms with van der Waals surface area (Å²) in [5.41, 5.74) is 0. The lowest BCUT2D eigenvalue weighted by atomic mass is 10.1. The van der Waals surface area contributed by atoms with E-state index in [9.17, 15) is 60.7 Å². The van der Waals surface area contributed by atoms with E-state index in [0.717, 1.165) is 0 Å². The maximum Gasteiger partial charge on any atom is 0.767 e. The van der Waals surface area contributed by atoms with Crippen molar-refractivity contribution in [3.8, 4) is 0 Å².